The van der Waals surface area contributed by atoms with Crippen LogP contribution in [0, 0.1) is 17.9 Å². The molecule has 0 fully saturated rings. The van der Waals surface area contributed by atoms with Gasteiger partial charge in [0.2, 0.25) is 0 Å². The summed E-state index contributed by atoms with van der Waals surface area (Å²) in [6, 6.07) is 17.2. The molecule has 2 nitrogen and oxygen atoms in total. The maximum Gasteiger partial charge on any atom is 0.187 e. The van der Waals surface area contributed by atoms with Gasteiger partial charge in [-0.25, -0.2) is 4.85 Å². The maximum absolute atomic E-state index is 8.70. The fourth-order valence-corrected chi connectivity index (χ4v) is 1.62. The molecular formula is C15H10N2. The Kier molecular flexibility index (Phi) is 3.19. The van der Waals surface area contributed by atoms with Crippen molar-refractivity contribution in [1.82, 2.24) is 0 Å². The normalized spacial score (nSPS) is 9.29. The minimum atomic E-state index is 0.661. The summed E-state index contributed by atoms with van der Waals surface area (Å²) in [6.45, 7) is 6.87. The zero-order valence-electron chi connectivity index (χ0n) is 9.22. The van der Waals surface area contributed by atoms with Gasteiger partial charge in [-0.1, -0.05) is 36.4 Å². The van der Waals surface area contributed by atoms with Crippen LogP contribution in [0.4, 0.5) is 5.69 Å². The molecule has 0 N–H and O–H groups in total. The summed E-state index contributed by atoms with van der Waals surface area (Å²) >= 11 is 0. The van der Waals surface area contributed by atoms with Crippen LogP contribution in [-0.4, -0.2) is 0 Å². The Bertz CT molecular complexity index is 525. The second-order valence-electron chi connectivity index (χ2n) is 3.76. The summed E-state index contributed by atoms with van der Waals surface area (Å²) in [4.78, 5) is 3.36. The quantitative estimate of drug-likeness (QED) is 0.706. The average Bonchev–Trinajstić information content (AvgIpc) is 2.40. The number of hydrogen-bond donors (Lipinski definition) is 0. The van der Waals surface area contributed by atoms with Crippen molar-refractivity contribution in [3.8, 4) is 6.07 Å². The van der Waals surface area contributed by atoms with E-state index in [1.54, 1.807) is 0 Å². The first kappa shape index (κ1) is 10.9. The molecule has 2 aromatic carbocycles. The van der Waals surface area contributed by atoms with Crippen molar-refractivity contribution in [1.29, 1.82) is 5.26 Å². The molecule has 0 saturated carbocycles. The third kappa shape index (κ3) is 2.71. The zero-order valence-corrected chi connectivity index (χ0v) is 9.22. The Morgan fingerprint density at radius 1 is 0.941 bits per heavy atom. The molecule has 0 unspecified atom stereocenters. The van der Waals surface area contributed by atoms with Gasteiger partial charge in [0.25, 0.3) is 0 Å². The van der Waals surface area contributed by atoms with E-state index < -0.39 is 0 Å². The first-order valence-electron chi connectivity index (χ1n) is 5.27. The van der Waals surface area contributed by atoms with E-state index in [1.165, 1.54) is 11.1 Å². The third-order valence-electron chi connectivity index (χ3n) is 2.56. The summed E-state index contributed by atoms with van der Waals surface area (Å²) in [7, 11) is 0. The van der Waals surface area contributed by atoms with E-state index in [0.29, 0.717) is 11.3 Å². The van der Waals surface area contributed by atoms with Crippen molar-refractivity contribution < 1.29 is 0 Å². The zero-order chi connectivity index (χ0) is 12.1. The van der Waals surface area contributed by atoms with Gasteiger partial charge in [-0.2, -0.15) is 5.26 Å². The molecule has 0 heterocycles. The van der Waals surface area contributed by atoms with Crippen LogP contribution in [-0.2, 0) is 6.42 Å². The number of benzene rings is 2. The highest BCUT2D eigenvalue weighted by Gasteiger charge is 1.97. The number of rotatable bonds is 2. The summed E-state index contributed by atoms with van der Waals surface area (Å²) in [5, 5.41) is 8.70. The molecule has 0 aliphatic carbocycles. The molecule has 0 aliphatic rings. The molecule has 0 aliphatic heterocycles. The molecule has 0 atom stereocenters. The fraction of sp³-hybridized carbons (Fsp3) is 0.0667. The largest absolute Gasteiger partial charge is 0.238 e. The van der Waals surface area contributed by atoms with E-state index in [9.17, 15) is 0 Å². The Labute approximate surface area is 101 Å². The second-order valence-corrected chi connectivity index (χ2v) is 3.76. The predicted molar refractivity (Wildman–Crippen MR) is 66.7 cm³/mol. The highest BCUT2D eigenvalue weighted by Crippen LogP contribution is 2.15. The van der Waals surface area contributed by atoms with E-state index in [2.05, 4.69) is 10.9 Å². The lowest BCUT2D eigenvalue weighted by Crippen LogP contribution is -1.87. The van der Waals surface area contributed by atoms with Crippen LogP contribution in [0.5, 0.6) is 0 Å². The van der Waals surface area contributed by atoms with Crippen molar-refractivity contribution in [3.63, 3.8) is 0 Å². The Morgan fingerprint density at radius 3 is 1.94 bits per heavy atom. The molecule has 0 saturated heterocycles. The second kappa shape index (κ2) is 4.96. The molecule has 2 heteroatoms. The van der Waals surface area contributed by atoms with Crippen molar-refractivity contribution in [2.45, 2.75) is 6.42 Å². The van der Waals surface area contributed by atoms with Gasteiger partial charge in [0.1, 0.15) is 0 Å². The van der Waals surface area contributed by atoms with E-state index in [1.807, 2.05) is 48.5 Å². The minimum Gasteiger partial charge on any atom is -0.238 e. The van der Waals surface area contributed by atoms with Gasteiger partial charge in [0.15, 0.2) is 5.69 Å². The molecule has 0 amide bonds. The van der Waals surface area contributed by atoms with Crippen LogP contribution >= 0.6 is 0 Å². The minimum absolute atomic E-state index is 0.661. The number of nitrogens with zero attached hydrogens (tertiary/aromatic N) is 2. The topological polar surface area (TPSA) is 28.1 Å². The summed E-state index contributed by atoms with van der Waals surface area (Å²) in [5.41, 5.74) is 3.67. The molecule has 2 rings (SSSR count). The molecule has 17 heavy (non-hydrogen) atoms. The molecular weight excluding hydrogens is 208 g/mol. The lowest BCUT2D eigenvalue weighted by molar-refractivity contribution is 1.19. The summed E-state index contributed by atoms with van der Waals surface area (Å²) in [6.07, 6.45) is 0.823. The van der Waals surface area contributed by atoms with Gasteiger partial charge < -0.3 is 0 Å². The van der Waals surface area contributed by atoms with Crippen LogP contribution in [0.1, 0.15) is 16.7 Å². The van der Waals surface area contributed by atoms with Gasteiger partial charge in [-0.15, -0.1) is 0 Å². The molecule has 0 bridgehead atoms. The smallest absolute Gasteiger partial charge is 0.187 e. The van der Waals surface area contributed by atoms with Crippen LogP contribution in [0.3, 0.4) is 0 Å². The summed E-state index contributed by atoms with van der Waals surface area (Å²) in [5.74, 6) is 0. The summed E-state index contributed by atoms with van der Waals surface area (Å²) < 4.78 is 0. The highest BCUT2D eigenvalue weighted by atomic mass is 14.6. The SMILES string of the molecule is [C-]#[N+]c1ccc(Cc2ccc(C#N)cc2)cc1. The van der Waals surface area contributed by atoms with Crippen molar-refractivity contribution in [3.05, 3.63) is 76.6 Å². The Morgan fingerprint density at radius 2 is 1.47 bits per heavy atom. The Hall–Kier alpha value is -2.58. The molecule has 80 valence electrons. The van der Waals surface area contributed by atoms with Gasteiger partial charge in [-0.05, 0) is 29.7 Å². The monoisotopic (exact) mass is 218 g/mol. The van der Waals surface area contributed by atoms with E-state index in [-0.39, 0.29) is 0 Å². The van der Waals surface area contributed by atoms with E-state index in [0.717, 1.165) is 6.42 Å². The van der Waals surface area contributed by atoms with Crippen molar-refractivity contribution in [2.75, 3.05) is 0 Å². The lowest BCUT2D eigenvalue weighted by atomic mass is 10.0. The first-order chi connectivity index (χ1) is 8.31. The van der Waals surface area contributed by atoms with Crippen LogP contribution in [0.2, 0.25) is 0 Å². The van der Waals surface area contributed by atoms with Crippen LogP contribution in [0.15, 0.2) is 48.5 Å². The Balaban J connectivity index is 2.14. The van der Waals surface area contributed by atoms with Crippen molar-refractivity contribution in [2.24, 2.45) is 0 Å². The van der Waals surface area contributed by atoms with Gasteiger partial charge in [-0.3, -0.25) is 0 Å². The van der Waals surface area contributed by atoms with Gasteiger partial charge >= 0.3 is 0 Å². The maximum atomic E-state index is 8.70. The molecule has 0 spiro atoms. The molecule has 0 aromatic heterocycles. The van der Waals surface area contributed by atoms with Crippen LogP contribution < -0.4 is 0 Å². The van der Waals surface area contributed by atoms with E-state index >= 15 is 0 Å². The van der Waals surface area contributed by atoms with Gasteiger partial charge in [0, 0.05) is 0 Å². The third-order valence-corrected chi connectivity index (χ3v) is 2.56. The van der Waals surface area contributed by atoms with Crippen molar-refractivity contribution >= 4 is 5.69 Å². The fourth-order valence-electron chi connectivity index (χ4n) is 1.62. The molecule has 2 aromatic rings. The van der Waals surface area contributed by atoms with Crippen LogP contribution in [0.25, 0.3) is 4.85 Å². The lowest BCUT2D eigenvalue weighted by Gasteiger charge is -2.02. The average molecular weight is 218 g/mol. The first-order valence-corrected chi connectivity index (χ1v) is 5.27. The van der Waals surface area contributed by atoms with E-state index in [4.69, 9.17) is 11.8 Å². The highest BCUT2D eigenvalue weighted by molar-refractivity contribution is 5.46. The van der Waals surface area contributed by atoms with Gasteiger partial charge in [0.05, 0.1) is 18.2 Å². The molecule has 0 radical (unpaired) electrons. The number of nitriles is 1. The standard InChI is InChI=1S/C15H10N2/c1-17-15-8-6-13(7-9-15)10-12-2-4-14(11-16)5-3-12/h2-9H,10H2. The predicted octanol–water partition coefficient (Wildman–Crippen LogP) is 3.70. The number of hydrogen-bond acceptors (Lipinski definition) is 1.